The number of hydrogen-bond donors (Lipinski definition) is 2. The van der Waals surface area contributed by atoms with E-state index in [9.17, 15) is 9.59 Å². The third kappa shape index (κ3) is 4.23. The van der Waals surface area contributed by atoms with Gasteiger partial charge in [0.15, 0.2) is 6.10 Å². The van der Waals surface area contributed by atoms with Crippen molar-refractivity contribution in [2.45, 2.75) is 39.3 Å². The van der Waals surface area contributed by atoms with Crippen LogP contribution in [0.25, 0.3) is 0 Å². The van der Waals surface area contributed by atoms with Crippen molar-refractivity contribution in [2.24, 2.45) is 5.73 Å². The van der Waals surface area contributed by atoms with Gasteiger partial charge in [0.05, 0.1) is 4.47 Å². The van der Waals surface area contributed by atoms with Crippen molar-refractivity contribution in [3.8, 4) is 5.75 Å². The van der Waals surface area contributed by atoms with Crippen molar-refractivity contribution in [2.75, 3.05) is 0 Å². The van der Waals surface area contributed by atoms with Crippen LogP contribution in [0.2, 0.25) is 0 Å². The molecule has 1 aromatic rings. The fourth-order valence-corrected chi connectivity index (χ4v) is 2.00. The largest absolute Gasteiger partial charge is 0.480 e. The molecule has 3 N–H and O–H groups in total. The molecule has 110 valence electrons. The zero-order chi connectivity index (χ0) is 15.5. The number of halogens is 1. The Morgan fingerprint density at radius 1 is 1.40 bits per heavy atom. The number of hydrogen-bond acceptors (Lipinski definition) is 3. The highest BCUT2D eigenvalue weighted by Crippen LogP contribution is 2.26. The van der Waals surface area contributed by atoms with Gasteiger partial charge in [-0.15, -0.1) is 0 Å². The Hall–Kier alpha value is -1.56. The summed E-state index contributed by atoms with van der Waals surface area (Å²) >= 11 is 3.38. The first-order valence-electron chi connectivity index (χ1n) is 6.18. The fraction of sp³-hybridized carbons (Fsp3) is 0.429. The molecule has 20 heavy (non-hydrogen) atoms. The number of nitrogens with one attached hydrogen (secondary N) is 1. The predicted octanol–water partition coefficient (Wildman–Crippen LogP) is 1.90. The van der Waals surface area contributed by atoms with Gasteiger partial charge in [0, 0.05) is 0 Å². The van der Waals surface area contributed by atoms with Crippen LogP contribution in [-0.4, -0.2) is 23.5 Å². The normalized spacial score (nSPS) is 12.7. The summed E-state index contributed by atoms with van der Waals surface area (Å²) in [6.07, 6.45) is -0.743. The molecule has 1 aromatic carbocycles. The summed E-state index contributed by atoms with van der Waals surface area (Å²) in [5, 5.41) is 2.55. The minimum absolute atomic E-state index is 0.402. The van der Waals surface area contributed by atoms with Crippen LogP contribution >= 0.6 is 15.9 Å². The summed E-state index contributed by atoms with van der Waals surface area (Å²) in [7, 11) is 0. The second-order valence-electron chi connectivity index (χ2n) is 5.17. The van der Waals surface area contributed by atoms with Crippen LogP contribution in [0.3, 0.4) is 0 Å². The van der Waals surface area contributed by atoms with Crippen molar-refractivity contribution < 1.29 is 14.3 Å². The molecule has 6 heteroatoms. The molecule has 0 aliphatic rings. The number of carbonyl (C=O) groups is 2. The van der Waals surface area contributed by atoms with E-state index in [2.05, 4.69) is 21.2 Å². The average molecular weight is 343 g/mol. The number of rotatable bonds is 5. The lowest BCUT2D eigenvalue weighted by atomic mass is 10.0. The first-order valence-corrected chi connectivity index (χ1v) is 6.97. The molecular formula is C14H19BrN2O3. The van der Waals surface area contributed by atoms with Crippen LogP contribution in [0, 0.1) is 6.92 Å². The van der Waals surface area contributed by atoms with Crippen LogP contribution in [0.4, 0.5) is 0 Å². The summed E-state index contributed by atoms with van der Waals surface area (Å²) in [4.78, 5) is 23.2. The minimum Gasteiger partial charge on any atom is -0.480 e. The number of primary amides is 1. The van der Waals surface area contributed by atoms with E-state index in [1.54, 1.807) is 26.8 Å². The first kappa shape index (κ1) is 16.5. The van der Waals surface area contributed by atoms with Crippen LogP contribution in [0.15, 0.2) is 22.7 Å². The van der Waals surface area contributed by atoms with E-state index in [0.29, 0.717) is 5.75 Å². The van der Waals surface area contributed by atoms with Crippen molar-refractivity contribution in [1.82, 2.24) is 5.32 Å². The molecule has 0 saturated heterocycles. The first-order chi connectivity index (χ1) is 9.13. The third-order valence-electron chi connectivity index (χ3n) is 2.81. The van der Waals surface area contributed by atoms with E-state index < -0.39 is 23.5 Å². The SMILES string of the molecule is Cc1ccc(O[C@@H](C)C(=O)NC(C)(C)C(N)=O)c(Br)c1. The molecule has 0 saturated carbocycles. The summed E-state index contributed by atoms with van der Waals surface area (Å²) in [5.41, 5.74) is 5.18. The van der Waals surface area contributed by atoms with Gasteiger partial charge in [-0.2, -0.15) is 0 Å². The van der Waals surface area contributed by atoms with E-state index in [0.717, 1.165) is 10.0 Å². The molecule has 0 aliphatic carbocycles. The Morgan fingerprint density at radius 3 is 2.50 bits per heavy atom. The molecule has 1 rings (SSSR count). The maximum absolute atomic E-state index is 12.0. The second kappa shape index (κ2) is 6.26. The summed E-state index contributed by atoms with van der Waals surface area (Å²) in [6, 6.07) is 5.56. The van der Waals surface area contributed by atoms with Gasteiger partial charge in [0.25, 0.3) is 5.91 Å². The third-order valence-corrected chi connectivity index (χ3v) is 3.43. The highest BCUT2D eigenvalue weighted by atomic mass is 79.9. The standard InChI is InChI=1S/C14H19BrN2O3/c1-8-5-6-11(10(15)7-8)20-9(2)12(18)17-14(3,4)13(16)19/h5-7,9H,1-4H3,(H2,16,19)(H,17,18)/t9-/m0/s1. The molecule has 1 atom stereocenters. The number of ether oxygens (including phenoxy) is 1. The van der Waals surface area contributed by atoms with Crippen molar-refractivity contribution in [1.29, 1.82) is 0 Å². The van der Waals surface area contributed by atoms with E-state index in [1.807, 2.05) is 19.1 Å². The summed E-state index contributed by atoms with van der Waals surface area (Å²) < 4.78 is 6.35. The zero-order valence-corrected chi connectivity index (χ0v) is 13.6. The Balaban J connectivity index is 2.73. The Kier molecular flexibility index (Phi) is 5.16. The summed E-state index contributed by atoms with van der Waals surface area (Å²) in [6.45, 7) is 6.66. The van der Waals surface area contributed by atoms with E-state index >= 15 is 0 Å². The van der Waals surface area contributed by atoms with Gasteiger partial charge < -0.3 is 15.8 Å². The van der Waals surface area contributed by atoms with Crippen LogP contribution in [0.5, 0.6) is 5.75 Å². The molecule has 0 unspecified atom stereocenters. The lowest BCUT2D eigenvalue weighted by Crippen LogP contribution is -2.55. The van der Waals surface area contributed by atoms with Gasteiger partial charge in [-0.05, 0) is 61.3 Å². The molecule has 5 nitrogen and oxygen atoms in total. The molecular weight excluding hydrogens is 324 g/mol. The average Bonchev–Trinajstić information content (AvgIpc) is 2.31. The molecule has 0 bridgehead atoms. The highest BCUT2D eigenvalue weighted by Gasteiger charge is 2.29. The maximum atomic E-state index is 12.0. The quantitative estimate of drug-likeness (QED) is 0.857. The highest BCUT2D eigenvalue weighted by molar-refractivity contribution is 9.10. The van der Waals surface area contributed by atoms with Gasteiger partial charge in [0.1, 0.15) is 11.3 Å². The second-order valence-corrected chi connectivity index (χ2v) is 6.03. The van der Waals surface area contributed by atoms with Gasteiger partial charge in [-0.1, -0.05) is 6.07 Å². The Bertz CT molecular complexity index is 529. The Morgan fingerprint density at radius 2 is 2.00 bits per heavy atom. The lowest BCUT2D eigenvalue weighted by molar-refractivity contribution is -0.134. The number of benzene rings is 1. The van der Waals surface area contributed by atoms with Crippen LogP contribution in [-0.2, 0) is 9.59 Å². The molecule has 0 aliphatic heterocycles. The summed E-state index contributed by atoms with van der Waals surface area (Å²) in [5.74, 6) is -0.439. The number of aryl methyl sites for hydroxylation is 1. The van der Waals surface area contributed by atoms with Gasteiger partial charge in [-0.25, -0.2) is 0 Å². The van der Waals surface area contributed by atoms with E-state index in [4.69, 9.17) is 10.5 Å². The lowest BCUT2D eigenvalue weighted by Gasteiger charge is -2.25. The number of nitrogens with two attached hydrogens (primary N) is 1. The van der Waals surface area contributed by atoms with Gasteiger partial charge in [0.2, 0.25) is 5.91 Å². The molecule has 0 fully saturated rings. The Labute approximate surface area is 127 Å². The zero-order valence-electron chi connectivity index (χ0n) is 12.0. The van der Waals surface area contributed by atoms with Gasteiger partial charge in [-0.3, -0.25) is 9.59 Å². The van der Waals surface area contributed by atoms with E-state index in [-0.39, 0.29) is 0 Å². The molecule has 0 spiro atoms. The predicted molar refractivity (Wildman–Crippen MR) is 80.4 cm³/mol. The monoisotopic (exact) mass is 342 g/mol. The van der Waals surface area contributed by atoms with Crippen molar-refractivity contribution >= 4 is 27.7 Å². The van der Waals surface area contributed by atoms with Gasteiger partial charge >= 0.3 is 0 Å². The molecule has 0 radical (unpaired) electrons. The van der Waals surface area contributed by atoms with Crippen molar-refractivity contribution in [3.05, 3.63) is 28.2 Å². The van der Waals surface area contributed by atoms with E-state index in [1.165, 1.54) is 0 Å². The molecule has 0 aromatic heterocycles. The molecule has 0 heterocycles. The smallest absolute Gasteiger partial charge is 0.261 e. The fourth-order valence-electron chi connectivity index (χ4n) is 1.42. The maximum Gasteiger partial charge on any atom is 0.261 e. The van der Waals surface area contributed by atoms with Crippen LogP contribution in [0.1, 0.15) is 26.3 Å². The number of carbonyl (C=O) groups excluding carboxylic acids is 2. The topological polar surface area (TPSA) is 81.4 Å². The number of amides is 2. The minimum atomic E-state index is -1.11. The molecule has 2 amide bonds. The van der Waals surface area contributed by atoms with Crippen molar-refractivity contribution in [3.63, 3.8) is 0 Å². The van der Waals surface area contributed by atoms with Crippen LogP contribution < -0.4 is 15.8 Å².